The van der Waals surface area contributed by atoms with Gasteiger partial charge in [-0.05, 0) is 56.3 Å². The molecular formula is C19H20Cl2N2O4S. The lowest BCUT2D eigenvalue weighted by atomic mass is 10.2. The molecule has 0 spiro atoms. The van der Waals surface area contributed by atoms with Crippen LogP contribution in [-0.2, 0) is 14.8 Å². The second kappa shape index (κ2) is 8.39. The molecule has 0 saturated carbocycles. The average molecular weight is 443 g/mol. The number of hydrogen-bond acceptors (Lipinski definition) is 4. The summed E-state index contributed by atoms with van der Waals surface area (Å²) >= 11 is 11.9. The maximum absolute atomic E-state index is 12.9. The molecule has 1 heterocycles. The quantitative estimate of drug-likeness (QED) is 0.774. The van der Waals surface area contributed by atoms with Crippen LogP contribution in [0.15, 0.2) is 47.4 Å². The van der Waals surface area contributed by atoms with Gasteiger partial charge in [0.05, 0.1) is 17.1 Å². The van der Waals surface area contributed by atoms with Crippen molar-refractivity contribution < 1.29 is 17.9 Å². The Morgan fingerprint density at radius 3 is 2.11 bits per heavy atom. The van der Waals surface area contributed by atoms with E-state index in [0.717, 1.165) is 0 Å². The lowest BCUT2D eigenvalue weighted by molar-refractivity contribution is -0.0440. The highest BCUT2D eigenvalue weighted by molar-refractivity contribution is 7.89. The number of carbonyl (C=O) groups is 1. The zero-order valence-electron chi connectivity index (χ0n) is 15.4. The van der Waals surface area contributed by atoms with E-state index in [0.29, 0.717) is 34.4 Å². The molecule has 0 unspecified atom stereocenters. The first-order valence-electron chi connectivity index (χ1n) is 8.68. The zero-order chi connectivity index (χ0) is 20.5. The monoisotopic (exact) mass is 442 g/mol. The van der Waals surface area contributed by atoms with E-state index in [1.807, 2.05) is 13.8 Å². The van der Waals surface area contributed by atoms with E-state index in [1.54, 1.807) is 18.2 Å². The van der Waals surface area contributed by atoms with Crippen molar-refractivity contribution in [3.63, 3.8) is 0 Å². The van der Waals surface area contributed by atoms with Crippen molar-refractivity contribution in [2.75, 3.05) is 18.4 Å². The van der Waals surface area contributed by atoms with Crippen LogP contribution >= 0.6 is 23.2 Å². The molecular weight excluding hydrogens is 423 g/mol. The maximum atomic E-state index is 12.9. The van der Waals surface area contributed by atoms with Crippen molar-refractivity contribution >= 4 is 44.8 Å². The summed E-state index contributed by atoms with van der Waals surface area (Å²) in [6.07, 6.45) is -0.346. The van der Waals surface area contributed by atoms with Crippen LogP contribution in [0.5, 0.6) is 0 Å². The first kappa shape index (κ1) is 21.1. The lowest BCUT2D eigenvalue weighted by Crippen LogP contribution is -2.48. The minimum absolute atomic E-state index is 0.135. The van der Waals surface area contributed by atoms with Crippen LogP contribution in [-0.4, -0.2) is 43.9 Å². The van der Waals surface area contributed by atoms with Crippen molar-refractivity contribution in [2.45, 2.75) is 31.0 Å². The number of rotatable bonds is 4. The zero-order valence-corrected chi connectivity index (χ0v) is 17.7. The molecule has 0 aliphatic carbocycles. The van der Waals surface area contributed by atoms with E-state index >= 15 is 0 Å². The van der Waals surface area contributed by atoms with Gasteiger partial charge in [0.2, 0.25) is 10.0 Å². The van der Waals surface area contributed by atoms with Crippen LogP contribution in [0.4, 0.5) is 5.69 Å². The van der Waals surface area contributed by atoms with Gasteiger partial charge in [-0.25, -0.2) is 8.42 Å². The molecule has 6 nitrogen and oxygen atoms in total. The fraction of sp³-hybridized carbons (Fsp3) is 0.316. The van der Waals surface area contributed by atoms with E-state index in [9.17, 15) is 13.2 Å². The van der Waals surface area contributed by atoms with Gasteiger partial charge >= 0.3 is 0 Å². The van der Waals surface area contributed by atoms with Gasteiger partial charge in [0.25, 0.3) is 5.91 Å². The molecule has 1 saturated heterocycles. The van der Waals surface area contributed by atoms with Crippen molar-refractivity contribution in [1.82, 2.24) is 4.31 Å². The Morgan fingerprint density at radius 1 is 1.04 bits per heavy atom. The summed E-state index contributed by atoms with van der Waals surface area (Å²) in [6.45, 7) is 4.27. The lowest BCUT2D eigenvalue weighted by Gasteiger charge is -2.34. The summed E-state index contributed by atoms with van der Waals surface area (Å²) in [5, 5.41) is 3.49. The SMILES string of the molecule is C[C@@H]1CN(S(=O)(=O)c2ccc(C(=O)Nc3cc(Cl)cc(Cl)c3)cc2)C[C@@H](C)O1. The fourth-order valence-corrected chi connectivity index (χ4v) is 5.20. The van der Waals surface area contributed by atoms with Crippen LogP contribution < -0.4 is 5.32 Å². The molecule has 2 aromatic rings. The predicted molar refractivity (Wildman–Crippen MR) is 110 cm³/mol. The van der Waals surface area contributed by atoms with Gasteiger partial charge in [0.15, 0.2) is 0 Å². The van der Waals surface area contributed by atoms with Gasteiger partial charge in [-0.1, -0.05) is 23.2 Å². The molecule has 1 aliphatic heterocycles. The van der Waals surface area contributed by atoms with E-state index < -0.39 is 15.9 Å². The summed E-state index contributed by atoms with van der Waals surface area (Å²) in [5.74, 6) is -0.393. The molecule has 3 rings (SSSR count). The van der Waals surface area contributed by atoms with Gasteiger partial charge < -0.3 is 10.1 Å². The minimum atomic E-state index is -3.65. The maximum Gasteiger partial charge on any atom is 0.255 e. The van der Waals surface area contributed by atoms with Crippen LogP contribution in [0.2, 0.25) is 10.0 Å². The van der Waals surface area contributed by atoms with E-state index in [4.69, 9.17) is 27.9 Å². The third-order valence-corrected chi connectivity index (χ3v) is 6.54. The molecule has 0 aromatic heterocycles. The van der Waals surface area contributed by atoms with Crippen LogP contribution in [0.1, 0.15) is 24.2 Å². The molecule has 1 aliphatic rings. The Morgan fingerprint density at radius 2 is 1.57 bits per heavy atom. The Balaban J connectivity index is 1.76. The number of halogens is 2. The Hall–Kier alpha value is -1.64. The van der Waals surface area contributed by atoms with E-state index in [2.05, 4.69) is 5.32 Å². The highest BCUT2D eigenvalue weighted by Crippen LogP contribution is 2.24. The molecule has 1 N–H and O–H groups in total. The first-order valence-corrected chi connectivity index (χ1v) is 10.9. The number of sulfonamides is 1. The normalized spacial score (nSPS) is 20.7. The predicted octanol–water partition coefficient (Wildman–Crippen LogP) is 4.04. The molecule has 2 aromatic carbocycles. The van der Waals surface area contributed by atoms with Crippen LogP contribution in [0, 0.1) is 0 Å². The number of hydrogen-bond donors (Lipinski definition) is 1. The third kappa shape index (κ3) is 4.85. The number of amides is 1. The van der Waals surface area contributed by atoms with Gasteiger partial charge in [-0.15, -0.1) is 0 Å². The molecule has 1 fully saturated rings. The molecule has 150 valence electrons. The second-order valence-electron chi connectivity index (χ2n) is 6.72. The highest BCUT2D eigenvalue weighted by atomic mass is 35.5. The largest absolute Gasteiger partial charge is 0.373 e. The van der Waals surface area contributed by atoms with Crippen molar-refractivity contribution in [3.05, 3.63) is 58.1 Å². The number of anilines is 1. The number of carbonyl (C=O) groups excluding carboxylic acids is 1. The summed E-state index contributed by atoms with van der Waals surface area (Å²) in [5.41, 5.74) is 0.772. The Labute approximate surface area is 174 Å². The first-order chi connectivity index (χ1) is 13.1. The molecule has 1 amide bonds. The van der Waals surface area contributed by atoms with Crippen molar-refractivity contribution in [2.24, 2.45) is 0 Å². The van der Waals surface area contributed by atoms with Crippen LogP contribution in [0.25, 0.3) is 0 Å². The van der Waals surface area contributed by atoms with Gasteiger partial charge in [0, 0.05) is 34.4 Å². The van der Waals surface area contributed by atoms with E-state index in [-0.39, 0.29) is 17.1 Å². The molecule has 0 bridgehead atoms. The summed E-state index contributed by atoms with van der Waals surface area (Å²) in [6, 6.07) is 10.5. The number of ether oxygens (including phenoxy) is 1. The number of morpholine rings is 1. The molecule has 2 atom stereocenters. The Kier molecular flexibility index (Phi) is 6.31. The fourth-order valence-electron chi connectivity index (χ4n) is 3.08. The number of nitrogens with zero attached hydrogens (tertiary/aromatic N) is 1. The second-order valence-corrected chi connectivity index (χ2v) is 9.53. The Bertz CT molecular complexity index is 950. The number of nitrogens with one attached hydrogen (secondary N) is 1. The smallest absolute Gasteiger partial charge is 0.255 e. The standard InChI is InChI=1S/C19H20Cl2N2O4S/c1-12-10-23(11-13(2)27-12)28(25,26)18-5-3-14(4-6-18)19(24)22-17-8-15(20)7-16(21)9-17/h3-9,12-13H,10-11H2,1-2H3,(H,22,24)/t12-,13-/m1/s1. The molecule has 28 heavy (non-hydrogen) atoms. The van der Waals surface area contributed by atoms with Gasteiger partial charge in [-0.2, -0.15) is 4.31 Å². The average Bonchev–Trinajstić information content (AvgIpc) is 2.60. The van der Waals surface area contributed by atoms with E-state index in [1.165, 1.54) is 28.6 Å². The van der Waals surface area contributed by atoms with Crippen molar-refractivity contribution in [3.8, 4) is 0 Å². The van der Waals surface area contributed by atoms with Gasteiger partial charge in [-0.3, -0.25) is 4.79 Å². The van der Waals surface area contributed by atoms with Gasteiger partial charge in [0.1, 0.15) is 0 Å². The number of benzene rings is 2. The summed E-state index contributed by atoms with van der Waals surface area (Å²) in [7, 11) is -3.65. The van der Waals surface area contributed by atoms with Crippen molar-refractivity contribution in [1.29, 1.82) is 0 Å². The third-order valence-electron chi connectivity index (χ3n) is 4.26. The molecule has 9 heteroatoms. The molecule has 0 radical (unpaired) electrons. The summed E-state index contributed by atoms with van der Waals surface area (Å²) < 4.78 is 32.7. The topological polar surface area (TPSA) is 75.7 Å². The van der Waals surface area contributed by atoms with Crippen LogP contribution in [0.3, 0.4) is 0 Å². The summed E-state index contributed by atoms with van der Waals surface area (Å²) in [4.78, 5) is 12.5. The minimum Gasteiger partial charge on any atom is -0.373 e. The highest BCUT2D eigenvalue weighted by Gasteiger charge is 2.32.